The first-order chi connectivity index (χ1) is 8.63. The summed E-state index contributed by atoms with van der Waals surface area (Å²) in [6.07, 6.45) is 8.30. The summed E-state index contributed by atoms with van der Waals surface area (Å²) in [7, 11) is 0. The van der Waals surface area contributed by atoms with Crippen LogP contribution in [0.1, 0.15) is 59.3 Å². The minimum Gasteiger partial charge on any atom is -0.329 e. The maximum absolute atomic E-state index is 6.04. The number of hydrogen-bond donors (Lipinski definition) is 1. The molecule has 2 fully saturated rings. The first-order valence-corrected chi connectivity index (χ1v) is 8.09. The van der Waals surface area contributed by atoms with Crippen molar-refractivity contribution in [1.82, 2.24) is 4.90 Å². The highest BCUT2D eigenvalue weighted by Crippen LogP contribution is 2.35. The topological polar surface area (TPSA) is 29.3 Å². The van der Waals surface area contributed by atoms with Crippen LogP contribution >= 0.6 is 0 Å². The zero-order valence-corrected chi connectivity index (χ0v) is 12.6. The predicted octanol–water partition coefficient (Wildman–Crippen LogP) is 3.26. The van der Waals surface area contributed by atoms with Gasteiger partial charge in [-0.1, -0.05) is 27.2 Å². The first-order valence-electron chi connectivity index (χ1n) is 8.09. The minimum atomic E-state index is 0.659. The van der Waals surface area contributed by atoms with Gasteiger partial charge in [0.2, 0.25) is 0 Å². The minimum absolute atomic E-state index is 0.659. The lowest BCUT2D eigenvalue weighted by atomic mass is 9.78. The molecule has 4 unspecified atom stereocenters. The van der Waals surface area contributed by atoms with E-state index in [2.05, 4.69) is 25.7 Å². The van der Waals surface area contributed by atoms with Crippen molar-refractivity contribution in [2.24, 2.45) is 23.5 Å². The van der Waals surface area contributed by atoms with Gasteiger partial charge in [-0.05, 0) is 56.4 Å². The van der Waals surface area contributed by atoms with Gasteiger partial charge in [-0.25, -0.2) is 0 Å². The molecule has 0 radical (unpaired) electrons. The highest BCUT2D eigenvalue weighted by atomic mass is 15.2. The van der Waals surface area contributed by atoms with E-state index in [9.17, 15) is 0 Å². The first kappa shape index (κ1) is 14.3. The normalized spacial score (nSPS) is 43.0. The Morgan fingerprint density at radius 3 is 2.28 bits per heavy atom. The van der Waals surface area contributed by atoms with Crippen molar-refractivity contribution in [2.75, 3.05) is 13.1 Å². The van der Waals surface area contributed by atoms with E-state index in [0.717, 1.165) is 30.3 Å². The summed E-state index contributed by atoms with van der Waals surface area (Å²) < 4.78 is 0. The Hall–Kier alpha value is -0.0800. The van der Waals surface area contributed by atoms with Crippen LogP contribution in [0.4, 0.5) is 0 Å². The van der Waals surface area contributed by atoms with Gasteiger partial charge in [-0.2, -0.15) is 0 Å². The van der Waals surface area contributed by atoms with E-state index in [1.54, 1.807) is 0 Å². The van der Waals surface area contributed by atoms with Crippen molar-refractivity contribution in [2.45, 2.75) is 71.4 Å². The summed E-state index contributed by atoms with van der Waals surface area (Å²) >= 11 is 0. The molecule has 0 aromatic carbocycles. The zero-order chi connectivity index (χ0) is 13.1. The Morgan fingerprint density at radius 2 is 1.72 bits per heavy atom. The summed E-state index contributed by atoms with van der Waals surface area (Å²) in [5.74, 6) is 2.73. The molecular weight excluding hydrogens is 220 g/mol. The number of nitrogens with zero attached hydrogens (tertiary/aromatic N) is 1. The van der Waals surface area contributed by atoms with Gasteiger partial charge in [-0.3, -0.25) is 4.90 Å². The molecule has 2 nitrogen and oxygen atoms in total. The van der Waals surface area contributed by atoms with E-state index in [0.29, 0.717) is 6.04 Å². The molecule has 0 bridgehead atoms. The quantitative estimate of drug-likeness (QED) is 0.835. The zero-order valence-electron chi connectivity index (χ0n) is 12.6. The molecule has 18 heavy (non-hydrogen) atoms. The highest BCUT2D eigenvalue weighted by Gasteiger charge is 2.35. The summed E-state index contributed by atoms with van der Waals surface area (Å²) in [5, 5.41) is 0. The lowest BCUT2D eigenvalue weighted by molar-refractivity contribution is 0.0315. The van der Waals surface area contributed by atoms with Gasteiger partial charge < -0.3 is 5.73 Å². The summed E-state index contributed by atoms with van der Waals surface area (Å²) in [6, 6.07) is 1.47. The van der Waals surface area contributed by atoms with Crippen LogP contribution in [0.5, 0.6) is 0 Å². The van der Waals surface area contributed by atoms with Gasteiger partial charge in [0, 0.05) is 18.6 Å². The van der Waals surface area contributed by atoms with Crippen molar-refractivity contribution < 1.29 is 0 Å². The van der Waals surface area contributed by atoms with E-state index in [4.69, 9.17) is 5.73 Å². The van der Waals surface area contributed by atoms with Gasteiger partial charge in [0.25, 0.3) is 0 Å². The third-order valence-electron chi connectivity index (χ3n) is 5.34. The maximum atomic E-state index is 6.04. The molecule has 1 saturated carbocycles. The Labute approximate surface area is 113 Å². The third-order valence-corrected chi connectivity index (χ3v) is 5.34. The fourth-order valence-corrected chi connectivity index (χ4v) is 4.41. The van der Waals surface area contributed by atoms with Crippen LogP contribution in [0.25, 0.3) is 0 Å². The van der Waals surface area contributed by atoms with Crippen molar-refractivity contribution in [1.29, 1.82) is 0 Å². The number of likely N-dealkylation sites (tertiary alicyclic amines) is 1. The average molecular weight is 252 g/mol. The highest BCUT2D eigenvalue weighted by molar-refractivity contribution is 4.90. The van der Waals surface area contributed by atoms with E-state index in [1.165, 1.54) is 45.1 Å². The second-order valence-electron chi connectivity index (χ2n) is 7.00. The van der Waals surface area contributed by atoms with E-state index in [1.807, 2.05) is 0 Å². The molecule has 2 heteroatoms. The molecule has 1 aliphatic heterocycles. The number of hydrogen-bond acceptors (Lipinski definition) is 2. The van der Waals surface area contributed by atoms with Crippen LogP contribution < -0.4 is 5.73 Å². The molecule has 2 N–H and O–H groups in total. The lowest BCUT2D eigenvalue weighted by Gasteiger charge is -2.47. The molecule has 2 rings (SSSR count). The molecule has 2 aliphatic rings. The van der Waals surface area contributed by atoms with Crippen molar-refractivity contribution >= 4 is 0 Å². The van der Waals surface area contributed by atoms with Gasteiger partial charge in [-0.15, -0.1) is 0 Å². The molecule has 0 spiro atoms. The number of rotatable bonds is 3. The Bertz CT molecular complexity index is 243. The molecule has 0 aromatic heterocycles. The molecule has 0 amide bonds. The number of piperidine rings is 1. The Balaban J connectivity index is 1.98. The van der Waals surface area contributed by atoms with E-state index >= 15 is 0 Å². The molecule has 0 aromatic rings. The monoisotopic (exact) mass is 252 g/mol. The van der Waals surface area contributed by atoms with Crippen LogP contribution in [0.15, 0.2) is 0 Å². The van der Waals surface area contributed by atoms with Gasteiger partial charge >= 0.3 is 0 Å². The second-order valence-corrected chi connectivity index (χ2v) is 7.00. The van der Waals surface area contributed by atoms with Crippen LogP contribution in [-0.4, -0.2) is 30.1 Å². The van der Waals surface area contributed by atoms with Crippen molar-refractivity contribution in [3.8, 4) is 0 Å². The smallest absolute Gasteiger partial charge is 0.0223 e. The van der Waals surface area contributed by atoms with Gasteiger partial charge in [0.15, 0.2) is 0 Å². The Morgan fingerprint density at radius 1 is 1.06 bits per heavy atom. The van der Waals surface area contributed by atoms with Crippen LogP contribution in [0, 0.1) is 17.8 Å². The van der Waals surface area contributed by atoms with E-state index < -0.39 is 0 Å². The molecule has 4 atom stereocenters. The summed E-state index contributed by atoms with van der Waals surface area (Å²) in [6.45, 7) is 9.34. The molecule has 1 heterocycles. The summed E-state index contributed by atoms with van der Waals surface area (Å²) in [4.78, 5) is 2.78. The largest absolute Gasteiger partial charge is 0.329 e. The molecule has 1 saturated heterocycles. The second kappa shape index (κ2) is 6.38. The van der Waals surface area contributed by atoms with Crippen LogP contribution in [0.3, 0.4) is 0 Å². The SMILES string of the molecule is CCC1CCN(C2CC(C)CC(C)C2)C(CN)C1. The van der Waals surface area contributed by atoms with Gasteiger partial charge in [0.05, 0.1) is 0 Å². The average Bonchev–Trinajstić information content (AvgIpc) is 2.36. The molecule has 106 valence electrons. The Kier molecular flexibility index (Phi) is 5.08. The van der Waals surface area contributed by atoms with Gasteiger partial charge in [0.1, 0.15) is 0 Å². The standard InChI is InChI=1S/C16H32N2/c1-4-14-5-6-18(16(10-14)11-17)15-8-12(2)7-13(3)9-15/h12-16H,4-11,17H2,1-3H3. The predicted molar refractivity (Wildman–Crippen MR) is 78.5 cm³/mol. The van der Waals surface area contributed by atoms with Crippen molar-refractivity contribution in [3.63, 3.8) is 0 Å². The van der Waals surface area contributed by atoms with E-state index in [-0.39, 0.29) is 0 Å². The maximum Gasteiger partial charge on any atom is 0.0223 e. The fourth-order valence-electron chi connectivity index (χ4n) is 4.41. The lowest BCUT2D eigenvalue weighted by Crippen LogP contribution is -2.53. The van der Waals surface area contributed by atoms with Crippen LogP contribution in [-0.2, 0) is 0 Å². The fraction of sp³-hybridized carbons (Fsp3) is 1.00. The molecule has 1 aliphatic carbocycles. The number of nitrogens with two attached hydrogens (primary N) is 1. The van der Waals surface area contributed by atoms with Crippen molar-refractivity contribution in [3.05, 3.63) is 0 Å². The third kappa shape index (κ3) is 3.27. The van der Waals surface area contributed by atoms with Crippen LogP contribution in [0.2, 0.25) is 0 Å². The molecular formula is C16H32N2. The summed E-state index contributed by atoms with van der Waals surface area (Å²) in [5.41, 5.74) is 6.04.